The van der Waals surface area contributed by atoms with Crippen LogP contribution in [0.15, 0.2) is 24.5 Å². The molecule has 1 aliphatic carbocycles. The minimum atomic E-state index is 0.177. The normalized spacial score (nSPS) is 25.9. The number of aromatic nitrogens is 2. The minimum Gasteiger partial charge on any atom is -0.345 e. The van der Waals surface area contributed by atoms with Gasteiger partial charge in [-0.3, -0.25) is 4.79 Å². The number of carbonyl (C=O) groups is 1. The Kier molecular flexibility index (Phi) is 2.76. The Bertz CT molecular complexity index is 634. The highest BCUT2D eigenvalue weighted by Crippen LogP contribution is 2.36. The van der Waals surface area contributed by atoms with Gasteiger partial charge in [0.2, 0.25) is 0 Å². The molecule has 1 N–H and O–H groups in total. The van der Waals surface area contributed by atoms with Crippen LogP contribution >= 0.6 is 0 Å². The molecule has 2 unspecified atom stereocenters. The average molecular weight is 269 g/mol. The molecule has 2 heterocycles. The van der Waals surface area contributed by atoms with Gasteiger partial charge < -0.3 is 9.88 Å². The van der Waals surface area contributed by atoms with Gasteiger partial charge in [-0.25, -0.2) is 4.98 Å². The Morgan fingerprint density at radius 3 is 2.70 bits per heavy atom. The predicted octanol–water partition coefficient (Wildman–Crippen LogP) is 2.83. The van der Waals surface area contributed by atoms with E-state index in [9.17, 15) is 4.79 Å². The molecular weight excluding hydrogens is 250 g/mol. The number of nitrogens with one attached hydrogen (secondary N) is 1. The van der Waals surface area contributed by atoms with Crippen LogP contribution in [0, 0.1) is 11.8 Å². The third kappa shape index (κ3) is 1.90. The molecule has 2 fully saturated rings. The molecule has 2 aromatic rings. The van der Waals surface area contributed by atoms with Gasteiger partial charge in [0.1, 0.15) is 0 Å². The fourth-order valence-electron chi connectivity index (χ4n) is 3.82. The molecule has 0 radical (unpaired) electrons. The van der Waals surface area contributed by atoms with Crippen LogP contribution in [0.3, 0.4) is 0 Å². The molecule has 0 spiro atoms. The van der Waals surface area contributed by atoms with Crippen LogP contribution in [0.1, 0.15) is 36.0 Å². The van der Waals surface area contributed by atoms with Crippen LogP contribution in [-0.2, 0) is 0 Å². The monoisotopic (exact) mass is 269 g/mol. The number of amides is 1. The maximum absolute atomic E-state index is 12.6. The lowest BCUT2D eigenvalue weighted by Gasteiger charge is -2.22. The van der Waals surface area contributed by atoms with Crippen molar-refractivity contribution in [2.24, 2.45) is 11.8 Å². The summed E-state index contributed by atoms with van der Waals surface area (Å²) in [6.07, 6.45) is 6.94. The summed E-state index contributed by atoms with van der Waals surface area (Å²) in [6, 6.07) is 5.74. The van der Waals surface area contributed by atoms with Crippen LogP contribution in [0.2, 0.25) is 0 Å². The van der Waals surface area contributed by atoms with E-state index in [2.05, 4.69) is 14.9 Å². The molecular formula is C16H19N3O. The summed E-state index contributed by atoms with van der Waals surface area (Å²) in [5, 5.41) is 0. The predicted molar refractivity (Wildman–Crippen MR) is 77.4 cm³/mol. The number of fused-ring (bicyclic) bond motifs is 2. The van der Waals surface area contributed by atoms with Crippen LogP contribution in [0.5, 0.6) is 0 Å². The smallest absolute Gasteiger partial charge is 0.253 e. The number of benzene rings is 1. The minimum absolute atomic E-state index is 0.177. The summed E-state index contributed by atoms with van der Waals surface area (Å²) in [6.45, 7) is 1.90. The Hall–Kier alpha value is -1.84. The van der Waals surface area contributed by atoms with Gasteiger partial charge in [0, 0.05) is 18.7 Å². The first-order valence-corrected chi connectivity index (χ1v) is 7.54. The Morgan fingerprint density at radius 1 is 1.20 bits per heavy atom. The second-order valence-electron chi connectivity index (χ2n) is 6.15. The molecule has 1 aromatic heterocycles. The van der Waals surface area contributed by atoms with E-state index < -0.39 is 0 Å². The number of H-pyrrole nitrogens is 1. The maximum atomic E-state index is 12.6. The molecule has 1 aliphatic heterocycles. The lowest BCUT2D eigenvalue weighted by molar-refractivity contribution is 0.0784. The number of likely N-dealkylation sites (tertiary alicyclic amines) is 1. The summed E-state index contributed by atoms with van der Waals surface area (Å²) in [5.41, 5.74) is 2.63. The number of hydrogen-bond acceptors (Lipinski definition) is 2. The molecule has 4 heteroatoms. The second-order valence-corrected chi connectivity index (χ2v) is 6.15. The van der Waals surface area contributed by atoms with Gasteiger partial charge in [-0.1, -0.05) is 12.8 Å². The summed E-state index contributed by atoms with van der Waals surface area (Å²) < 4.78 is 0. The Morgan fingerprint density at radius 2 is 1.95 bits per heavy atom. The van der Waals surface area contributed by atoms with E-state index in [4.69, 9.17) is 0 Å². The zero-order chi connectivity index (χ0) is 13.5. The first kappa shape index (κ1) is 11.9. The van der Waals surface area contributed by atoms with Gasteiger partial charge in [-0.15, -0.1) is 0 Å². The van der Waals surface area contributed by atoms with E-state index >= 15 is 0 Å². The quantitative estimate of drug-likeness (QED) is 0.865. The average Bonchev–Trinajstić information content (AvgIpc) is 3.11. The van der Waals surface area contributed by atoms with Crippen molar-refractivity contribution in [1.82, 2.24) is 14.9 Å². The van der Waals surface area contributed by atoms with Crippen molar-refractivity contribution in [2.75, 3.05) is 13.1 Å². The van der Waals surface area contributed by atoms with Crippen molar-refractivity contribution in [3.05, 3.63) is 30.1 Å². The number of carbonyl (C=O) groups excluding carboxylic acids is 1. The van der Waals surface area contributed by atoms with E-state index in [1.165, 1.54) is 25.7 Å². The van der Waals surface area contributed by atoms with Crippen molar-refractivity contribution < 1.29 is 4.79 Å². The fraction of sp³-hybridized carbons (Fsp3) is 0.500. The van der Waals surface area contributed by atoms with Gasteiger partial charge in [0.15, 0.2) is 0 Å². The Labute approximate surface area is 118 Å². The first-order chi connectivity index (χ1) is 9.81. The molecule has 20 heavy (non-hydrogen) atoms. The molecule has 1 aromatic carbocycles. The molecule has 4 nitrogen and oxygen atoms in total. The van der Waals surface area contributed by atoms with Crippen molar-refractivity contribution in [2.45, 2.75) is 25.7 Å². The van der Waals surface area contributed by atoms with Crippen molar-refractivity contribution in [3.8, 4) is 0 Å². The number of rotatable bonds is 1. The van der Waals surface area contributed by atoms with Gasteiger partial charge in [-0.2, -0.15) is 0 Å². The molecule has 2 atom stereocenters. The van der Waals surface area contributed by atoms with Crippen molar-refractivity contribution >= 4 is 16.9 Å². The molecule has 1 saturated carbocycles. The summed E-state index contributed by atoms with van der Waals surface area (Å²) in [5.74, 6) is 1.66. The number of hydrogen-bond donors (Lipinski definition) is 1. The molecule has 2 aliphatic rings. The summed E-state index contributed by atoms with van der Waals surface area (Å²) in [7, 11) is 0. The van der Waals surface area contributed by atoms with Gasteiger partial charge in [-0.05, 0) is 42.9 Å². The topological polar surface area (TPSA) is 49.0 Å². The summed E-state index contributed by atoms with van der Waals surface area (Å²) in [4.78, 5) is 22.0. The van der Waals surface area contributed by atoms with Crippen molar-refractivity contribution in [3.63, 3.8) is 0 Å². The van der Waals surface area contributed by atoms with Crippen LogP contribution in [0.4, 0.5) is 0 Å². The van der Waals surface area contributed by atoms with Gasteiger partial charge in [0.25, 0.3) is 5.91 Å². The van der Waals surface area contributed by atoms with Crippen LogP contribution in [-0.4, -0.2) is 33.9 Å². The fourth-order valence-corrected chi connectivity index (χ4v) is 3.82. The van der Waals surface area contributed by atoms with Crippen LogP contribution in [0.25, 0.3) is 11.0 Å². The third-order valence-electron chi connectivity index (χ3n) is 4.93. The second kappa shape index (κ2) is 4.62. The number of aromatic amines is 1. The van der Waals surface area contributed by atoms with E-state index in [1.54, 1.807) is 6.33 Å². The Balaban J connectivity index is 1.57. The first-order valence-electron chi connectivity index (χ1n) is 7.54. The highest BCUT2D eigenvalue weighted by atomic mass is 16.2. The van der Waals surface area contributed by atoms with E-state index in [1.807, 2.05) is 18.2 Å². The number of imidazole rings is 1. The SMILES string of the molecule is O=C(c1ccc2nc[nH]c2c1)N1CC2CCCCC2C1. The van der Waals surface area contributed by atoms with Crippen LogP contribution < -0.4 is 0 Å². The molecule has 1 amide bonds. The van der Waals surface area contributed by atoms with E-state index in [0.29, 0.717) is 0 Å². The summed E-state index contributed by atoms with van der Waals surface area (Å²) >= 11 is 0. The van der Waals surface area contributed by atoms with E-state index in [-0.39, 0.29) is 5.91 Å². The lowest BCUT2D eigenvalue weighted by atomic mass is 9.82. The zero-order valence-corrected chi connectivity index (χ0v) is 11.5. The standard InChI is InChI=1S/C16H19N3O/c20-16(11-5-6-14-15(7-11)18-10-17-14)19-8-12-3-1-2-4-13(12)9-19/h5-7,10,12-13H,1-4,8-9H2,(H,17,18). The van der Waals surface area contributed by atoms with E-state index in [0.717, 1.165) is 41.5 Å². The van der Waals surface area contributed by atoms with Gasteiger partial charge in [0.05, 0.1) is 17.4 Å². The molecule has 0 bridgehead atoms. The van der Waals surface area contributed by atoms with Gasteiger partial charge >= 0.3 is 0 Å². The van der Waals surface area contributed by atoms with Crippen molar-refractivity contribution in [1.29, 1.82) is 0 Å². The largest absolute Gasteiger partial charge is 0.345 e. The zero-order valence-electron chi connectivity index (χ0n) is 11.5. The maximum Gasteiger partial charge on any atom is 0.253 e. The molecule has 4 rings (SSSR count). The molecule has 104 valence electrons. The molecule has 1 saturated heterocycles. The highest BCUT2D eigenvalue weighted by Gasteiger charge is 2.36. The lowest BCUT2D eigenvalue weighted by Crippen LogP contribution is -2.28. The third-order valence-corrected chi connectivity index (χ3v) is 4.93. The highest BCUT2D eigenvalue weighted by molar-refractivity contribution is 5.97. The number of nitrogens with zero attached hydrogens (tertiary/aromatic N) is 2.